The first-order valence-corrected chi connectivity index (χ1v) is 4.07. The molecule has 0 saturated heterocycles. The molecular formula is C5H6Cl4O2. The van der Waals surface area contributed by atoms with Crippen LogP contribution in [-0.2, 0) is 9.08 Å². The van der Waals surface area contributed by atoms with Gasteiger partial charge in [-0.05, 0) is 13.8 Å². The van der Waals surface area contributed by atoms with Gasteiger partial charge >= 0.3 is 5.97 Å². The highest BCUT2D eigenvalue weighted by atomic mass is 35.6. The summed E-state index contributed by atoms with van der Waals surface area (Å²) in [5, 5.41) is 0. The fourth-order valence-electron chi connectivity index (χ4n) is 0.212. The second-order valence-corrected chi connectivity index (χ2v) is 4.92. The highest BCUT2D eigenvalue weighted by Crippen LogP contribution is 2.45. The molecule has 0 radical (unpaired) electrons. The summed E-state index contributed by atoms with van der Waals surface area (Å²) in [6.07, 6.45) is 0. The van der Waals surface area contributed by atoms with E-state index >= 15 is 0 Å². The van der Waals surface area contributed by atoms with Crippen LogP contribution in [0, 0.1) is 5.41 Å². The van der Waals surface area contributed by atoms with Crippen molar-refractivity contribution >= 4 is 52.6 Å². The normalized spacial score (nSPS) is 12.9. The van der Waals surface area contributed by atoms with Crippen molar-refractivity contribution < 1.29 is 9.08 Å². The first-order chi connectivity index (χ1) is 4.73. The summed E-state index contributed by atoms with van der Waals surface area (Å²) >= 11 is 21.2. The van der Waals surface area contributed by atoms with E-state index in [-0.39, 0.29) is 0 Å². The van der Waals surface area contributed by atoms with Crippen molar-refractivity contribution in [3.63, 3.8) is 0 Å². The topological polar surface area (TPSA) is 26.3 Å². The number of halogens is 4. The highest BCUT2D eigenvalue weighted by molar-refractivity contribution is 6.68. The third-order valence-corrected chi connectivity index (χ3v) is 2.85. The van der Waals surface area contributed by atoms with Crippen molar-refractivity contribution in [1.82, 2.24) is 0 Å². The Morgan fingerprint density at radius 3 is 1.73 bits per heavy atom. The Hall–Kier alpha value is 0.630. The van der Waals surface area contributed by atoms with E-state index in [9.17, 15) is 4.79 Å². The van der Waals surface area contributed by atoms with Crippen molar-refractivity contribution in [2.75, 3.05) is 0 Å². The van der Waals surface area contributed by atoms with E-state index in [1.807, 2.05) is 0 Å². The third-order valence-electron chi connectivity index (χ3n) is 1.29. The van der Waals surface area contributed by atoms with E-state index in [0.29, 0.717) is 0 Å². The summed E-state index contributed by atoms with van der Waals surface area (Å²) in [6, 6.07) is 0. The van der Waals surface area contributed by atoms with Gasteiger partial charge in [-0.2, -0.15) is 0 Å². The van der Waals surface area contributed by atoms with Crippen LogP contribution in [0.1, 0.15) is 13.8 Å². The third kappa shape index (κ3) is 2.55. The quantitative estimate of drug-likeness (QED) is 0.658. The smallest absolute Gasteiger partial charge is 0.334 e. The summed E-state index contributed by atoms with van der Waals surface area (Å²) in [4.78, 5) is 10.9. The van der Waals surface area contributed by atoms with Gasteiger partial charge in [0.15, 0.2) is 0 Å². The molecule has 0 spiro atoms. The second-order valence-electron chi connectivity index (χ2n) is 2.49. The van der Waals surface area contributed by atoms with E-state index in [2.05, 4.69) is 4.29 Å². The molecule has 0 N–H and O–H groups in total. The van der Waals surface area contributed by atoms with Gasteiger partial charge in [-0.25, -0.2) is 4.79 Å². The van der Waals surface area contributed by atoms with Gasteiger partial charge in [-0.3, -0.25) is 0 Å². The van der Waals surface area contributed by atoms with Gasteiger partial charge in [-0.1, -0.05) is 34.8 Å². The Kier molecular flexibility index (Phi) is 3.77. The molecule has 6 heteroatoms. The van der Waals surface area contributed by atoms with Gasteiger partial charge in [0.1, 0.15) is 17.3 Å². The Morgan fingerprint density at radius 2 is 1.64 bits per heavy atom. The van der Waals surface area contributed by atoms with E-state index in [0.717, 1.165) is 0 Å². The zero-order valence-electron chi connectivity index (χ0n) is 5.83. The van der Waals surface area contributed by atoms with Gasteiger partial charge < -0.3 is 4.29 Å². The van der Waals surface area contributed by atoms with Crippen LogP contribution < -0.4 is 0 Å². The van der Waals surface area contributed by atoms with Gasteiger partial charge in [0, 0.05) is 0 Å². The van der Waals surface area contributed by atoms with Gasteiger partial charge in [0.2, 0.25) is 3.79 Å². The minimum absolute atomic E-state index is 0.779. The lowest BCUT2D eigenvalue weighted by Gasteiger charge is -2.27. The first kappa shape index (κ1) is 11.6. The van der Waals surface area contributed by atoms with E-state index in [1.165, 1.54) is 13.8 Å². The Balaban J connectivity index is 4.59. The molecule has 2 nitrogen and oxygen atoms in total. The van der Waals surface area contributed by atoms with Crippen LogP contribution >= 0.6 is 46.7 Å². The summed E-state index contributed by atoms with van der Waals surface area (Å²) in [5.41, 5.74) is -1.25. The van der Waals surface area contributed by atoms with E-state index < -0.39 is 15.2 Å². The maximum Gasteiger partial charge on any atom is 0.334 e. The average molecular weight is 240 g/mol. The Labute approximate surface area is 84.9 Å². The molecule has 11 heavy (non-hydrogen) atoms. The zero-order valence-corrected chi connectivity index (χ0v) is 8.85. The fraction of sp³-hybridized carbons (Fsp3) is 0.800. The molecule has 0 rings (SSSR count). The standard InChI is InChI=1S/C5H6Cl4O2/c1-4(2,3(10)11-9)5(6,7)8/h1-2H3. The molecule has 0 aromatic rings. The predicted octanol–water partition coefficient (Wildman–Crippen LogP) is 3.08. The molecule has 0 atom stereocenters. The van der Waals surface area contributed by atoms with Crippen LogP contribution in [0.4, 0.5) is 0 Å². The zero-order chi connectivity index (χ0) is 9.28. The summed E-state index contributed by atoms with van der Waals surface area (Å²) in [6.45, 7) is 2.84. The number of hydrogen-bond acceptors (Lipinski definition) is 2. The number of hydrogen-bond donors (Lipinski definition) is 0. The SMILES string of the molecule is CC(C)(C(=O)OCl)C(Cl)(Cl)Cl. The number of carbonyl (C=O) groups excluding carboxylic acids is 1. The lowest BCUT2D eigenvalue weighted by Crippen LogP contribution is -2.37. The highest BCUT2D eigenvalue weighted by Gasteiger charge is 2.48. The molecule has 0 aliphatic rings. The van der Waals surface area contributed by atoms with Gasteiger partial charge in [0.25, 0.3) is 0 Å². The monoisotopic (exact) mass is 238 g/mol. The minimum Gasteiger partial charge on any atom is -0.347 e. The number of rotatable bonds is 1. The molecular weight excluding hydrogens is 234 g/mol. The molecule has 0 bridgehead atoms. The van der Waals surface area contributed by atoms with Crippen LogP contribution in [0.15, 0.2) is 0 Å². The molecule has 0 aromatic heterocycles. The van der Waals surface area contributed by atoms with Crippen LogP contribution in [0.2, 0.25) is 0 Å². The van der Waals surface area contributed by atoms with Crippen molar-refractivity contribution in [1.29, 1.82) is 0 Å². The predicted molar refractivity (Wildman–Crippen MR) is 46.0 cm³/mol. The molecule has 0 aliphatic heterocycles. The molecule has 0 fully saturated rings. The number of alkyl halides is 3. The molecule has 66 valence electrons. The van der Waals surface area contributed by atoms with Crippen molar-refractivity contribution in [3.05, 3.63) is 0 Å². The van der Waals surface area contributed by atoms with Crippen molar-refractivity contribution in [2.24, 2.45) is 5.41 Å². The maximum absolute atomic E-state index is 10.9. The first-order valence-electron chi connectivity index (χ1n) is 2.63. The van der Waals surface area contributed by atoms with Gasteiger partial charge in [0.05, 0.1) is 0 Å². The van der Waals surface area contributed by atoms with Gasteiger partial charge in [-0.15, -0.1) is 0 Å². The minimum atomic E-state index is -1.72. The average Bonchev–Trinajstić information content (AvgIpc) is 1.83. The number of carbonyl (C=O) groups is 1. The molecule has 0 heterocycles. The van der Waals surface area contributed by atoms with Crippen LogP contribution in [-0.4, -0.2) is 9.76 Å². The van der Waals surface area contributed by atoms with Crippen LogP contribution in [0.3, 0.4) is 0 Å². The second kappa shape index (κ2) is 3.56. The summed E-state index contributed by atoms with van der Waals surface area (Å²) in [7, 11) is 0. The van der Waals surface area contributed by atoms with Crippen molar-refractivity contribution in [3.8, 4) is 0 Å². The summed E-state index contributed by atoms with van der Waals surface area (Å²) in [5.74, 6) is -0.779. The fourth-order valence-corrected chi connectivity index (χ4v) is 0.637. The lowest BCUT2D eigenvalue weighted by atomic mass is 9.96. The van der Waals surface area contributed by atoms with E-state index in [1.54, 1.807) is 0 Å². The molecule has 0 unspecified atom stereocenters. The summed E-state index contributed by atoms with van der Waals surface area (Å²) < 4.78 is 2.20. The van der Waals surface area contributed by atoms with Crippen molar-refractivity contribution in [2.45, 2.75) is 17.6 Å². The molecule has 0 amide bonds. The maximum atomic E-state index is 10.9. The Bertz CT molecular complexity index is 160. The Morgan fingerprint density at radius 1 is 1.27 bits per heavy atom. The lowest BCUT2D eigenvalue weighted by molar-refractivity contribution is -0.143. The van der Waals surface area contributed by atoms with Crippen LogP contribution in [0.5, 0.6) is 0 Å². The molecule has 0 aromatic carbocycles. The van der Waals surface area contributed by atoms with E-state index in [4.69, 9.17) is 46.7 Å². The molecule has 0 saturated carbocycles. The largest absolute Gasteiger partial charge is 0.347 e. The van der Waals surface area contributed by atoms with Crippen LogP contribution in [0.25, 0.3) is 0 Å². The molecule has 0 aliphatic carbocycles.